The van der Waals surface area contributed by atoms with Crippen LogP contribution in [0.1, 0.15) is 53.0 Å². The van der Waals surface area contributed by atoms with Crippen molar-refractivity contribution in [3.05, 3.63) is 36.0 Å². The number of nitrogens with one attached hydrogen (secondary N) is 2. The van der Waals surface area contributed by atoms with E-state index in [-0.39, 0.29) is 11.8 Å². The summed E-state index contributed by atoms with van der Waals surface area (Å²) < 4.78 is 11.7. The SMILES string of the molecule is CCC(C)[C@@H]1NC(=O)[C@@H]2[C@@H](CCN2C(=O)OC(C)(C)C)Oc2ccc(cc2)/C=C\NC1=O. The second-order valence-electron chi connectivity index (χ2n) is 9.35. The zero-order valence-electron chi connectivity index (χ0n) is 19.4. The molecule has 8 heteroatoms. The van der Waals surface area contributed by atoms with E-state index < -0.39 is 35.8 Å². The Balaban J connectivity index is 1.96. The van der Waals surface area contributed by atoms with Crippen LogP contribution in [0.15, 0.2) is 30.5 Å². The van der Waals surface area contributed by atoms with Crippen LogP contribution in [0.4, 0.5) is 4.79 Å². The molecule has 1 fully saturated rings. The van der Waals surface area contributed by atoms with Gasteiger partial charge in [0.05, 0.1) is 0 Å². The van der Waals surface area contributed by atoms with E-state index in [0.29, 0.717) is 25.1 Å². The lowest BCUT2D eigenvalue weighted by molar-refractivity contribution is -0.133. The average Bonchev–Trinajstić information content (AvgIpc) is 3.14. The van der Waals surface area contributed by atoms with Crippen LogP contribution in [0, 0.1) is 5.92 Å². The molecule has 3 heterocycles. The molecular weight excluding hydrogens is 410 g/mol. The zero-order valence-corrected chi connectivity index (χ0v) is 19.4. The fraction of sp³-hybridized carbons (Fsp3) is 0.542. The molecule has 1 unspecified atom stereocenters. The van der Waals surface area contributed by atoms with Gasteiger partial charge in [-0.3, -0.25) is 14.5 Å². The van der Waals surface area contributed by atoms with Crippen LogP contribution < -0.4 is 15.4 Å². The number of likely N-dealkylation sites (tertiary alicyclic amines) is 1. The lowest BCUT2D eigenvalue weighted by Crippen LogP contribution is -2.58. The second kappa shape index (κ2) is 9.63. The maximum Gasteiger partial charge on any atom is 0.411 e. The summed E-state index contributed by atoms with van der Waals surface area (Å²) in [6, 6.07) is 5.68. The van der Waals surface area contributed by atoms with E-state index in [1.807, 2.05) is 26.0 Å². The maximum atomic E-state index is 13.4. The van der Waals surface area contributed by atoms with Crippen molar-refractivity contribution in [1.82, 2.24) is 15.5 Å². The monoisotopic (exact) mass is 443 g/mol. The summed E-state index contributed by atoms with van der Waals surface area (Å²) in [4.78, 5) is 40.6. The van der Waals surface area contributed by atoms with Crippen molar-refractivity contribution >= 4 is 24.0 Å². The van der Waals surface area contributed by atoms with Gasteiger partial charge in [0.2, 0.25) is 11.8 Å². The van der Waals surface area contributed by atoms with E-state index in [1.54, 1.807) is 45.2 Å². The van der Waals surface area contributed by atoms with E-state index in [9.17, 15) is 14.4 Å². The molecule has 2 N–H and O–H groups in total. The molecule has 1 aromatic carbocycles. The Hall–Kier alpha value is -3.03. The third-order valence-electron chi connectivity index (χ3n) is 5.70. The number of nitrogens with zero attached hydrogens (tertiary/aromatic N) is 1. The number of amides is 3. The van der Waals surface area contributed by atoms with Crippen molar-refractivity contribution in [3.63, 3.8) is 0 Å². The predicted octanol–water partition coefficient (Wildman–Crippen LogP) is 3.07. The summed E-state index contributed by atoms with van der Waals surface area (Å²) in [7, 11) is 0. The zero-order chi connectivity index (χ0) is 23.5. The van der Waals surface area contributed by atoms with Crippen LogP contribution in [0.5, 0.6) is 5.75 Å². The molecule has 0 saturated carbocycles. The van der Waals surface area contributed by atoms with Crippen molar-refractivity contribution in [2.24, 2.45) is 5.92 Å². The molecule has 1 aromatic rings. The van der Waals surface area contributed by atoms with E-state index >= 15 is 0 Å². The number of benzene rings is 1. The number of hydrogen-bond acceptors (Lipinski definition) is 5. The minimum absolute atomic E-state index is 0.103. The van der Waals surface area contributed by atoms with Gasteiger partial charge in [-0.1, -0.05) is 32.4 Å². The Morgan fingerprint density at radius 2 is 1.91 bits per heavy atom. The van der Waals surface area contributed by atoms with E-state index in [2.05, 4.69) is 10.6 Å². The topological polar surface area (TPSA) is 97.0 Å². The normalized spacial score (nSPS) is 25.7. The van der Waals surface area contributed by atoms with Gasteiger partial charge in [-0.15, -0.1) is 0 Å². The maximum absolute atomic E-state index is 13.4. The van der Waals surface area contributed by atoms with E-state index in [1.165, 1.54) is 4.90 Å². The Kier molecular flexibility index (Phi) is 7.11. The first-order chi connectivity index (χ1) is 15.1. The molecule has 0 spiro atoms. The highest BCUT2D eigenvalue weighted by molar-refractivity contribution is 5.92. The van der Waals surface area contributed by atoms with Crippen molar-refractivity contribution in [1.29, 1.82) is 0 Å². The molecule has 32 heavy (non-hydrogen) atoms. The fourth-order valence-electron chi connectivity index (χ4n) is 3.81. The van der Waals surface area contributed by atoms with E-state index in [0.717, 1.165) is 5.56 Å². The van der Waals surface area contributed by atoms with Crippen molar-refractivity contribution in [3.8, 4) is 5.75 Å². The summed E-state index contributed by atoms with van der Waals surface area (Å²) in [5.74, 6) is -0.238. The largest absolute Gasteiger partial charge is 0.488 e. The highest BCUT2D eigenvalue weighted by Crippen LogP contribution is 2.27. The van der Waals surface area contributed by atoms with Gasteiger partial charge < -0.3 is 20.1 Å². The minimum Gasteiger partial charge on any atom is -0.488 e. The number of hydrogen-bond donors (Lipinski definition) is 2. The lowest BCUT2D eigenvalue weighted by Gasteiger charge is -2.32. The summed E-state index contributed by atoms with van der Waals surface area (Å²) in [5, 5.41) is 5.63. The molecule has 3 aliphatic rings. The van der Waals surface area contributed by atoms with E-state index in [4.69, 9.17) is 9.47 Å². The molecule has 4 atom stereocenters. The number of carbonyl (C=O) groups excluding carboxylic acids is 3. The summed E-state index contributed by atoms with van der Waals surface area (Å²) >= 11 is 0. The van der Waals surface area contributed by atoms with Gasteiger partial charge in [0.25, 0.3) is 0 Å². The first-order valence-electron chi connectivity index (χ1n) is 11.1. The molecule has 4 rings (SSSR count). The Bertz CT molecular complexity index is 875. The van der Waals surface area contributed by atoms with Gasteiger partial charge in [-0.05, 0) is 50.5 Å². The Labute approximate surface area is 189 Å². The van der Waals surface area contributed by atoms with Gasteiger partial charge in [0.15, 0.2) is 6.04 Å². The third-order valence-corrected chi connectivity index (χ3v) is 5.70. The molecular formula is C24H33N3O5. The van der Waals surface area contributed by atoms with Crippen LogP contribution in [0.2, 0.25) is 0 Å². The fourth-order valence-corrected chi connectivity index (χ4v) is 3.81. The molecule has 1 saturated heterocycles. The lowest BCUT2D eigenvalue weighted by atomic mass is 9.97. The summed E-state index contributed by atoms with van der Waals surface area (Å²) in [6.45, 7) is 9.52. The summed E-state index contributed by atoms with van der Waals surface area (Å²) in [5.41, 5.74) is 0.201. The Morgan fingerprint density at radius 3 is 2.53 bits per heavy atom. The van der Waals surface area contributed by atoms with Crippen LogP contribution in [0.25, 0.3) is 6.08 Å². The van der Waals surface area contributed by atoms with Crippen molar-refractivity contribution in [2.75, 3.05) is 6.54 Å². The number of rotatable bonds is 2. The minimum atomic E-state index is -0.914. The highest BCUT2D eigenvalue weighted by Gasteiger charge is 2.46. The number of ether oxygens (including phenoxy) is 2. The first kappa shape index (κ1) is 23.6. The van der Waals surface area contributed by atoms with Crippen molar-refractivity contribution < 1.29 is 23.9 Å². The van der Waals surface area contributed by atoms with Gasteiger partial charge >= 0.3 is 6.09 Å². The molecule has 3 aliphatic heterocycles. The van der Waals surface area contributed by atoms with Gasteiger partial charge in [-0.2, -0.15) is 0 Å². The van der Waals surface area contributed by atoms with Crippen molar-refractivity contribution in [2.45, 2.75) is 71.2 Å². The molecule has 174 valence electrons. The molecule has 0 radical (unpaired) electrons. The first-order valence-corrected chi connectivity index (χ1v) is 11.1. The molecule has 2 bridgehead atoms. The molecule has 0 aliphatic carbocycles. The molecule has 3 amide bonds. The van der Waals surface area contributed by atoms with Crippen LogP contribution in [-0.4, -0.2) is 53.1 Å². The van der Waals surface area contributed by atoms with Crippen LogP contribution in [-0.2, 0) is 14.3 Å². The standard InChI is InChI=1S/C24H33N3O5/c1-6-15(2)19-21(28)25-13-11-16-7-9-17(10-8-16)31-18-12-14-27(20(18)22(29)26-19)23(30)32-24(3,4)5/h7-11,13,15,18-20H,6,12,14H2,1-5H3,(H,25,28)(H,26,29)/b13-11-/t15?,18-,19+,20+/m1/s1. The number of carbonyl (C=O) groups is 3. The quantitative estimate of drug-likeness (QED) is 0.732. The van der Waals surface area contributed by atoms with Crippen LogP contribution >= 0.6 is 0 Å². The Morgan fingerprint density at radius 1 is 1.22 bits per heavy atom. The van der Waals surface area contributed by atoms with Crippen LogP contribution in [0.3, 0.4) is 0 Å². The smallest absolute Gasteiger partial charge is 0.411 e. The molecule has 0 aromatic heterocycles. The second-order valence-corrected chi connectivity index (χ2v) is 9.35. The van der Waals surface area contributed by atoms with Gasteiger partial charge in [0.1, 0.15) is 23.5 Å². The third kappa shape index (κ3) is 5.60. The number of fused-ring (bicyclic) bond motifs is 7. The average molecular weight is 444 g/mol. The summed E-state index contributed by atoms with van der Waals surface area (Å²) in [6.07, 6.45) is 3.38. The van der Waals surface area contributed by atoms with Gasteiger partial charge in [0, 0.05) is 19.2 Å². The highest BCUT2D eigenvalue weighted by atomic mass is 16.6. The predicted molar refractivity (Wildman–Crippen MR) is 121 cm³/mol. The van der Waals surface area contributed by atoms with Gasteiger partial charge in [-0.25, -0.2) is 4.79 Å². The molecule has 8 nitrogen and oxygen atoms in total.